The molecular weight excluding hydrogens is 394 g/mol. The van der Waals surface area contributed by atoms with Gasteiger partial charge in [0.15, 0.2) is 0 Å². The minimum atomic E-state index is -3.44. The molecule has 8 heteroatoms. The highest BCUT2D eigenvalue weighted by Crippen LogP contribution is 2.28. The molecule has 0 unspecified atom stereocenters. The number of nitrogens with zero attached hydrogens (tertiary/aromatic N) is 2. The second kappa shape index (κ2) is 8.63. The number of hydrogen-bond acceptors (Lipinski definition) is 5. The van der Waals surface area contributed by atoms with Crippen LogP contribution in [0.25, 0.3) is 0 Å². The van der Waals surface area contributed by atoms with Crippen LogP contribution in [0.3, 0.4) is 0 Å². The van der Waals surface area contributed by atoms with Gasteiger partial charge in [-0.25, -0.2) is 8.42 Å². The molecule has 1 aliphatic heterocycles. The highest BCUT2D eigenvalue weighted by atomic mass is 32.2. The lowest BCUT2D eigenvalue weighted by molar-refractivity contribution is 0.0951. The van der Waals surface area contributed by atoms with Gasteiger partial charge in [-0.2, -0.15) is 4.31 Å². The van der Waals surface area contributed by atoms with Gasteiger partial charge in [0, 0.05) is 43.3 Å². The number of thiophene rings is 1. The topological polar surface area (TPSA) is 69.7 Å². The number of rotatable bonds is 6. The number of benzene rings is 1. The van der Waals surface area contributed by atoms with E-state index in [1.807, 2.05) is 37.2 Å². The first-order valence-corrected chi connectivity index (χ1v) is 11.7. The van der Waals surface area contributed by atoms with E-state index in [0.717, 1.165) is 23.4 Å². The Morgan fingerprint density at radius 2 is 1.93 bits per heavy atom. The summed E-state index contributed by atoms with van der Waals surface area (Å²) in [5, 5.41) is 2.88. The van der Waals surface area contributed by atoms with Crippen LogP contribution in [0.4, 0.5) is 5.69 Å². The molecule has 1 fully saturated rings. The lowest BCUT2D eigenvalue weighted by Crippen LogP contribution is -2.37. The van der Waals surface area contributed by atoms with E-state index in [1.54, 1.807) is 22.5 Å². The number of carbonyl (C=O) groups excluding carboxylic acids is 1. The van der Waals surface area contributed by atoms with Crippen molar-refractivity contribution in [2.45, 2.75) is 30.5 Å². The zero-order chi connectivity index (χ0) is 20.3. The van der Waals surface area contributed by atoms with Crippen molar-refractivity contribution in [1.82, 2.24) is 9.62 Å². The van der Waals surface area contributed by atoms with E-state index in [2.05, 4.69) is 12.2 Å². The molecular formula is C20H27N3O3S2. The fourth-order valence-electron chi connectivity index (χ4n) is 3.14. The van der Waals surface area contributed by atoms with Crippen LogP contribution >= 0.6 is 11.3 Å². The van der Waals surface area contributed by atoms with E-state index in [-0.39, 0.29) is 5.91 Å². The number of carbonyl (C=O) groups is 1. The standard InChI is InChI=1S/C20H27N3O3S2/c1-15-9-11-23(12-10-15)28(25,26)19-8-7-18(27-19)14-21-20(24)16-5-4-6-17(13-16)22(2)3/h4-8,13,15H,9-12,14H2,1-3H3,(H,21,24). The summed E-state index contributed by atoms with van der Waals surface area (Å²) in [4.78, 5) is 15.2. The Balaban J connectivity index is 1.63. The molecule has 2 heterocycles. The van der Waals surface area contributed by atoms with Crippen LogP contribution in [-0.2, 0) is 16.6 Å². The predicted molar refractivity (Wildman–Crippen MR) is 113 cm³/mol. The van der Waals surface area contributed by atoms with Crippen molar-refractivity contribution in [1.29, 1.82) is 0 Å². The van der Waals surface area contributed by atoms with Gasteiger partial charge in [-0.1, -0.05) is 13.0 Å². The lowest BCUT2D eigenvalue weighted by Gasteiger charge is -2.28. The van der Waals surface area contributed by atoms with Crippen molar-refractivity contribution >= 4 is 33.0 Å². The van der Waals surface area contributed by atoms with E-state index in [4.69, 9.17) is 0 Å². The molecule has 1 N–H and O–H groups in total. The summed E-state index contributed by atoms with van der Waals surface area (Å²) in [5.74, 6) is 0.401. The Labute approximate surface area is 171 Å². The Morgan fingerprint density at radius 3 is 2.61 bits per heavy atom. The van der Waals surface area contributed by atoms with Crippen LogP contribution in [0.1, 0.15) is 35.0 Å². The number of sulfonamides is 1. The first-order chi connectivity index (χ1) is 13.3. The molecule has 2 aromatic rings. The Kier molecular flexibility index (Phi) is 6.42. The fraction of sp³-hybridized carbons (Fsp3) is 0.450. The zero-order valence-corrected chi connectivity index (χ0v) is 18.1. The quantitative estimate of drug-likeness (QED) is 0.778. The maximum atomic E-state index is 12.8. The van der Waals surface area contributed by atoms with Crippen LogP contribution in [-0.4, -0.2) is 45.8 Å². The molecule has 6 nitrogen and oxygen atoms in total. The van der Waals surface area contributed by atoms with Crippen molar-refractivity contribution in [3.63, 3.8) is 0 Å². The van der Waals surface area contributed by atoms with Crippen molar-refractivity contribution < 1.29 is 13.2 Å². The summed E-state index contributed by atoms with van der Waals surface area (Å²) < 4.78 is 27.6. The van der Waals surface area contributed by atoms with Gasteiger partial charge in [0.05, 0.1) is 6.54 Å². The van der Waals surface area contributed by atoms with Crippen LogP contribution in [0.15, 0.2) is 40.6 Å². The molecule has 0 bridgehead atoms. The van der Waals surface area contributed by atoms with E-state index in [1.165, 1.54) is 11.3 Å². The molecule has 0 spiro atoms. The predicted octanol–water partition coefficient (Wildman–Crippen LogP) is 3.16. The van der Waals surface area contributed by atoms with Crippen molar-refractivity contribution in [3.8, 4) is 0 Å². The van der Waals surface area contributed by atoms with Gasteiger partial charge >= 0.3 is 0 Å². The molecule has 28 heavy (non-hydrogen) atoms. The highest BCUT2D eigenvalue weighted by Gasteiger charge is 2.29. The van der Waals surface area contributed by atoms with Crippen molar-refractivity contribution in [2.24, 2.45) is 5.92 Å². The van der Waals surface area contributed by atoms with Crippen LogP contribution in [0.5, 0.6) is 0 Å². The van der Waals surface area contributed by atoms with Gasteiger partial charge in [-0.05, 0) is 49.1 Å². The van der Waals surface area contributed by atoms with Crippen LogP contribution in [0.2, 0.25) is 0 Å². The van der Waals surface area contributed by atoms with E-state index in [0.29, 0.717) is 35.3 Å². The minimum Gasteiger partial charge on any atom is -0.378 e. The third-order valence-corrected chi connectivity index (χ3v) is 8.47. The molecule has 0 saturated carbocycles. The number of hydrogen-bond donors (Lipinski definition) is 1. The smallest absolute Gasteiger partial charge is 0.252 e. The second-order valence-corrected chi connectivity index (χ2v) is 10.8. The average Bonchev–Trinajstić information content (AvgIpc) is 3.16. The van der Waals surface area contributed by atoms with Crippen molar-refractivity contribution in [2.75, 3.05) is 32.1 Å². The van der Waals surface area contributed by atoms with Gasteiger partial charge in [0.2, 0.25) is 0 Å². The average molecular weight is 422 g/mol. The van der Waals surface area contributed by atoms with Gasteiger partial charge in [0.1, 0.15) is 4.21 Å². The summed E-state index contributed by atoms with van der Waals surface area (Å²) in [5.41, 5.74) is 1.53. The summed E-state index contributed by atoms with van der Waals surface area (Å²) in [6.45, 7) is 3.62. The van der Waals surface area contributed by atoms with Crippen LogP contribution < -0.4 is 10.2 Å². The molecule has 152 valence electrons. The third kappa shape index (κ3) is 4.74. The molecule has 1 aromatic carbocycles. The first kappa shape index (κ1) is 20.8. The molecule has 0 atom stereocenters. The molecule has 0 aliphatic carbocycles. The van der Waals surface area contributed by atoms with Crippen LogP contribution in [0, 0.1) is 5.92 Å². The van der Waals surface area contributed by atoms with Gasteiger partial charge in [-0.15, -0.1) is 11.3 Å². The third-order valence-electron chi connectivity index (χ3n) is 5.02. The van der Waals surface area contributed by atoms with E-state index < -0.39 is 10.0 Å². The summed E-state index contributed by atoms with van der Waals surface area (Å²) in [6.07, 6.45) is 1.80. The Morgan fingerprint density at radius 1 is 1.21 bits per heavy atom. The second-order valence-electron chi connectivity index (χ2n) is 7.43. The van der Waals surface area contributed by atoms with Gasteiger partial charge in [-0.3, -0.25) is 4.79 Å². The maximum Gasteiger partial charge on any atom is 0.252 e. The fourth-order valence-corrected chi connectivity index (χ4v) is 6.06. The van der Waals surface area contributed by atoms with Gasteiger partial charge in [0.25, 0.3) is 15.9 Å². The molecule has 0 radical (unpaired) electrons. The molecule has 1 saturated heterocycles. The molecule has 1 aromatic heterocycles. The normalized spacial score (nSPS) is 16.1. The molecule has 1 aliphatic rings. The monoisotopic (exact) mass is 421 g/mol. The lowest BCUT2D eigenvalue weighted by atomic mass is 10.0. The minimum absolute atomic E-state index is 0.175. The maximum absolute atomic E-state index is 12.8. The SMILES string of the molecule is CC1CCN(S(=O)(=O)c2ccc(CNC(=O)c3cccc(N(C)C)c3)s2)CC1. The zero-order valence-electron chi connectivity index (χ0n) is 16.5. The molecule has 3 rings (SSSR count). The Hall–Kier alpha value is -1.90. The summed E-state index contributed by atoms with van der Waals surface area (Å²) in [6, 6.07) is 10.8. The van der Waals surface area contributed by atoms with Gasteiger partial charge < -0.3 is 10.2 Å². The number of piperidine rings is 1. The Bertz CT molecular complexity index is 930. The number of anilines is 1. The van der Waals surface area contributed by atoms with Crippen molar-refractivity contribution in [3.05, 3.63) is 46.8 Å². The summed E-state index contributed by atoms with van der Waals surface area (Å²) in [7, 11) is 0.412. The number of amides is 1. The highest BCUT2D eigenvalue weighted by molar-refractivity contribution is 7.91. The van der Waals surface area contributed by atoms with E-state index in [9.17, 15) is 13.2 Å². The summed E-state index contributed by atoms with van der Waals surface area (Å²) >= 11 is 1.23. The van der Waals surface area contributed by atoms with E-state index >= 15 is 0 Å². The largest absolute Gasteiger partial charge is 0.378 e. The first-order valence-electron chi connectivity index (χ1n) is 9.42. The number of nitrogens with one attached hydrogen (secondary N) is 1. The molecule has 1 amide bonds.